The lowest BCUT2D eigenvalue weighted by atomic mass is 9.88. The van der Waals surface area contributed by atoms with Gasteiger partial charge in [0.2, 0.25) is 0 Å². The lowest BCUT2D eigenvalue weighted by Gasteiger charge is -2.24. The van der Waals surface area contributed by atoms with Gasteiger partial charge in [0, 0.05) is 11.5 Å². The predicted molar refractivity (Wildman–Crippen MR) is 71.2 cm³/mol. The number of hydrogen-bond donors (Lipinski definition) is 3. The maximum atomic E-state index is 8.69. The Bertz CT molecular complexity index is 284. The summed E-state index contributed by atoms with van der Waals surface area (Å²) in [5.41, 5.74) is 5.90. The Morgan fingerprint density at radius 1 is 1.53 bits per heavy atom. The Kier molecular flexibility index (Phi) is 4.42. The van der Waals surface area contributed by atoms with E-state index in [0.717, 1.165) is 13.0 Å². The van der Waals surface area contributed by atoms with Crippen LogP contribution in [0.2, 0.25) is 0 Å². The summed E-state index contributed by atoms with van der Waals surface area (Å²) in [4.78, 5) is 0. The molecule has 1 fully saturated rings. The molecule has 0 amide bonds. The van der Waals surface area contributed by atoms with Gasteiger partial charge in [-0.1, -0.05) is 32.9 Å². The largest absolute Gasteiger partial charge is 0.409 e. The lowest BCUT2D eigenvalue weighted by molar-refractivity contribution is 0.303. The van der Waals surface area contributed by atoms with Crippen LogP contribution in [0.15, 0.2) is 5.16 Å². The molecule has 0 spiro atoms. The van der Waals surface area contributed by atoms with Crippen LogP contribution < -0.4 is 11.1 Å². The summed E-state index contributed by atoms with van der Waals surface area (Å²) in [5, 5.41) is 15.4. The van der Waals surface area contributed by atoms with Crippen LogP contribution in [0.5, 0.6) is 0 Å². The fourth-order valence-electron chi connectivity index (χ4n) is 2.46. The quantitative estimate of drug-likeness (QED) is 0.299. The second kappa shape index (κ2) is 5.25. The molecular formula is C13H27N3O. The van der Waals surface area contributed by atoms with Crippen LogP contribution in [-0.4, -0.2) is 23.6 Å². The van der Waals surface area contributed by atoms with Crippen molar-refractivity contribution in [1.82, 2.24) is 5.32 Å². The molecule has 1 rings (SSSR count). The molecule has 17 heavy (non-hydrogen) atoms. The molecule has 0 aromatic carbocycles. The van der Waals surface area contributed by atoms with E-state index in [-0.39, 0.29) is 5.41 Å². The van der Waals surface area contributed by atoms with Gasteiger partial charge in [-0.15, -0.1) is 0 Å². The van der Waals surface area contributed by atoms with E-state index < -0.39 is 0 Å². The highest BCUT2D eigenvalue weighted by Crippen LogP contribution is 2.36. The molecule has 0 aromatic rings. The molecule has 0 radical (unpaired) electrons. The zero-order valence-corrected chi connectivity index (χ0v) is 11.6. The monoisotopic (exact) mass is 241 g/mol. The molecule has 1 aliphatic rings. The molecule has 4 heteroatoms. The van der Waals surface area contributed by atoms with Crippen LogP contribution in [0, 0.1) is 10.8 Å². The van der Waals surface area contributed by atoms with Crippen molar-refractivity contribution < 1.29 is 5.21 Å². The van der Waals surface area contributed by atoms with Gasteiger partial charge < -0.3 is 16.3 Å². The van der Waals surface area contributed by atoms with Gasteiger partial charge in [-0.3, -0.25) is 0 Å². The van der Waals surface area contributed by atoms with Crippen LogP contribution >= 0.6 is 0 Å². The zero-order chi connectivity index (χ0) is 13.1. The van der Waals surface area contributed by atoms with Crippen molar-refractivity contribution in [3.8, 4) is 0 Å². The second-order valence-corrected chi connectivity index (χ2v) is 6.68. The van der Waals surface area contributed by atoms with E-state index in [9.17, 15) is 0 Å². The minimum atomic E-state index is -0.240. The van der Waals surface area contributed by atoms with Gasteiger partial charge in [0.1, 0.15) is 5.84 Å². The summed E-state index contributed by atoms with van der Waals surface area (Å²) in [5.74, 6) is 0.311. The third-order valence-corrected chi connectivity index (χ3v) is 3.95. The average Bonchev–Trinajstić information content (AvgIpc) is 2.56. The minimum absolute atomic E-state index is 0.240. The summed E-state index contributed by atoms with van der Waals surface area (Å²) in [6.07, 6.45) is 4.70. The van der Waals surface area contributed by atoms with Crippen molar-refractivity contribution in [3.05, 3.63) is 0 Å². The molecule has 0 bridgehead atoms. The van der Waals surface area contributed by atoms with Gasteiger partial charge in [-0.25, -0.2) is 0 Å². The van der Waals surface area contributed by atoms with Gasteiger partial charge in [0.15, 0.2) is 0 Å². The Morgan fingerprint density at radius 2 is 2.18 bits per heavy atom. The van der Waals surface area contributed by atoms with E-state index in [2.05, 4.69) is 24.3 Å². The van der Waals surface area contributed by atoms with E-state index in [1.165, 1.54) is 19.3 Å². The van der Waals surface area contributed by atoms with Crippen LogP contribution in [-0.2, 0) is 0 Å². The molecule has 0 saturated heterocycles. The summed E-state index contributed by atoms with van der Waals surface area (Å²) in [7, 11) is 0. The SMILES string of the molecule is CC1(C)CCC(NCCC(C)(C)C(N)=NO)C1. The van der Waals surface area contributed by atoms with Crippen molar-refractivity contribution in [2.75, 3.05) is 6.54 Å². The molecule has 1 unspecified atom stereocenters. The molecule has 1 atom stereocenters. The molecular weight excluding hydrogens is 214 g/mol. The maximum Gasteiger partial charge on any atom is 0.144 e. The Hall–Kier alpha value is -0.770. The highest BCUT2D eigenvalue weighted by atomic mass is 16.4. The Labute approximate surface area is 105 Å². The topological polar surface area (TPSA) is 70.6 Å². The van der Waals surface area contributed by atoms with Crippen molar-refractivity contribution in [1.29, 1.82) is 0 Å². The van der Waals surface area contributed by atoms with Crippen LogP contribution in [0.4, 0.5) is 0 Å². The van der Waals surface area contributed by atoms with Gasteiger partial charge in [-0.2, -0.15) is 0 Å². The lowest BCUT2D eigenvalue weighted by Crippen LogP contribution is -2.37. The number of oxime groups is 1. The van der Waals surface area contributed by atoms with E-state index in [1.54, 1.807) is 0 Å². The first-order valence-electron chi connectivity index (χ1n) is 6.48. The summed E-state index contributed by atoms with van der Waals surface area (Å²) >= 11 is 0. The average molecular weight is 241 g/mol. The van der Waals surface area contributed by atoms with E-state index in [4.69, 9.17) is 10.9 Å². The van der Waals surface area contributed by atoms with Gasteiger partial charge >= 0.3 is 0 Å². The van der Waals surface area contributed by atoms with Gasteiger partial charge in [0.05, 0.1) is 0 Å². The summed E-state index contributed by atoms with van der Waals surface area (Å²) in [6, 6.07) is 0.632. The van der Waals surface area contributed by atoms with Crippen molar-refractivity contribution >= 4 is 5.84 Å². The highest BCUT2D eigenvalue weighted by Gasteiger charge is 2.31. The highest BCUT2D eigenvalue weighted by molar-refractivity contribution is 5.85. The first-order chi connectivity index (χ1) is 7.77. The molecule has 0 heterocycles. The fourth-order valence-corrected chi connectivity index (χ4v) is 2.46. The van der Waals surface area contributed by atoms with Gasteiger partial charge in [0.25, 0.3) is 0 Å². The number of rotatable bonds is 5. The fraction of sp³-hybridized carbons (Fsp3) is 0.923. The second-order valence-electron chi connectivity index (χ2n) is 6.68. The number of nitrogens with zero attached hydrogens (tertiary/aromatic N) is 1. The third kappa shape index (κ3) is 4.19. The van der Waals surface area contributed by atoms with E-state index >= 15 is 0 Å². The first kappa shape index (κ1) is 14.3. The Morgan fingerprint density at radius 3 is 2.65 bits per heavy atom. The van der Waals surface area contributed by atoms with E-state index in [0.29, 0.717) is 17.3 Å². The Balaban J connectivity index is 2.29. The minimum Gasteiger partial charge on any atom is -0.409 e. The standard InChI is InChI=1S/C13H27N3O/c1-12(2)6-5-10(9-12)15-8-7-13(3,4)11(14)16-17/h10,15,17H,5-9H2,1-4H3,(H2,14,16). The number of amidine groups is 1. The molecule has 0 aromatic heterocycles. The zero-order valence-electron chi connectivity index (χ0n) is 11.6. The molecule has 1 aliphatic carbocycles. The number of hydrogen-bond acceptors (Lipinski definition) is 3. The number of nitrogens with one attached hydrogen (secondary N) is 1. The molecule has 0 aliphatic heterocycles. The van der Waals surface area contributed by atoms with Crippen molar-refractivity contribution in [2.24, 2.45) is 21.7 Å². The molecule has 1 saturated carbocycles. The smallest absolute Gasteiger partial charge is 0.144 e. The number of nitrogens with two attached hydrogens (primary N) is 1. The van der Waals surface area contributed by atoms with Crippen molar-refractivity contribution in [2.45, 2.75) is 59.4 Å². The van der Waals surface area contributed by atoms with Crippen molar-refractivity contribution in [3.63, 3.8) is 0 Å². The molecule has 100 valence electrons. The van der Waals surface area contributed by atoms with Crippen LogP contribution in [0.3, 0.4) is 0 Å². The van der Waals surface area contributed by atoms with Gasteiger partial charge in [-0.05, 0) is 37.6 Å². The molecule has 4 nitrogen and oxygen atoms in total. The molecule has 4 N–H and O–H groups in total. The first-order valence-corrected chi connectivity index (χ1v) is 6.48. The normalized spacial score (nSPS) is 25.2. The van der Waals surface area contributed by atoms with E-state index in [1.807, 2.05) is 13.8 Å². The van der Waals surface area contributed by atoms with Crippen LogP contribution in [0.1, 0.15) is 53.4 Å². The van der Waals surface area contributed by atoms with Crippen LogP contribution in [0.25, 0.3) is 0 Å². The maximum absolute atomic E-state index is 8.69. The summed E-state index contributed by atoms with van der Waals surface area (Å²) in [6.45, 7) is 9.58. The predicted octanol–water partition coefficient (Wildman–Crippen LogP) is 2.32. The third-order valence-electron chi connectivity index (χ3n) is 3.95. The summed E-state index contributed by atoms with van der Waals surface area (Å²) < 4.78 is 0.